The van der Waals surface area contributed by atoms with Crippen LogP contribution in [0.25, 0.3) is 21.9 Å². The van der Waals surface area contributed by atoms with Crippen molar-refractivity contribution in [2.24, 2.45) is 16.7 Å². The summed E-state index contributed by atoms with van der Waals surface area (Å²) in [4.78, 5) is 10.4. The van der Waals surface area contributed by atoms with Crippen LogP contribution in [0, 0.1) is 5.41 Å². The highest BCUT2D eigenvalue weighted by atomic mass is 32.1. The molecule has 4 rings (SSSR count). The molecule has 4 aromatic rings. The minimum atomic E-state index is 0.310. The highest BCUT2D eigenvalue weighted by Gasteiger charge is 2.16. The van der Waals surface area contributed by atoms with Crippen LogP contribution in [0.2, 0.25) is 0 Å². The fourth-order valence-corrected chi connectivity index (χ4v) is 4.55. The van der Waals surface area contributed by atoms with E-state index in [9.17, 15) is 0 Å². The molecule has 0 aliphatic rings. The maximum Gasteiger partial charge on any atom is 0.177 e. The third-order valence-electron chi connectivity index (χ3n) is 4.36. The Morgan fingerprint density at radius 2 is 2.07 bits per heavy atom. The number of thiazole rings is 1. The number of hydrogen-bond donors (Lipinski definition) is 5. The topological polar surface area (TPSA) is 142 Å². The first kappa shape index (κ1) is 19.8. The lowest BCUT2D eigenvalue weighted by atomic mass is 10.0. The average molecular weight is 438 g/mol. The molecule has 152 valence electrons. The van der Waals surface area contributed by atoms with Crippen molar-refractivity contribution in [1.29, 1.82) is 5.41 Å². The Morgan fingerprint density at radius 3 is 2.77 bits per heavy atom. The molecule has 4 heterocycles. The molecule has 0 aliphatic carbocycles. The molecule has 0 amide bonds. The SMILES string of the molecule is CNN/C(=N\N)c1ccc(C(=N)/C(=C\N)c2ccc3ncc(-c4nccs4)n3c2)s1. The number of nitrogens with one attached hydrogen (secondary N) is 3. The number of thiophene rings is 1. The van der Waals surface area contributed by atoms with Crippen molar-refractivity contribution >= 4 is 45.4 Å². The van der Waals surface area contributed by atoms with E-state index in [1.807, 2.05) is 40.2 Å². The van der Waals surface area contributed by atoms with Crippen LogP contribution in [-0.4, -0.2) is 33.0 Å². The van der Waals surface area contributed by atoms with Crippen LogP contribution >= 0.6 is 22.7 Å². The highest BCUT2D eigenvalue weighted by Crippen LogP contribution is 2.27. The predicted octanol–water partition coefficient (Wildman–Crippen LogP) is 2.23. The molecule has 0 saturated carbocycles. The van der Waals surface area contributed by atoms with E-state index in [1.165, 1.54) is 17.5 Å². The summed E-state index contributed by atoms with van der Waals surface area (Å²) in [6, 6.07) is 7.52. The molecule has 9 nitrogen and oxygen atoms in total. The van der Waals surface area contributed by atoms with Gasteiger partial charge in [0.15, 0.2) is 5.84 Å². The number of nitrogens with two attached hydrogens (primary N) is 2. The van der Waals surface area contributed by atoms with Crippen LogP contribution in [0.5, 0.6) is 0 Å². The summed E-state index contributed by atoms with van der Waals surface area (Å²) < 4.78 is 1.96. The number of fused-ring (bicyclic) bond motifs is 1. The lowest BCUT2D eigenvalue weighted by Gasteiger charge is -2.09. The first-order chi connectivity index (χ1) is 14.7. The van der Waals surface area contributed by atoms with Gasteiger partial charge in [-0.2, -0.15) is 5.10 Å². The fraction of sp³-hybridized carbons (Fsp3) is 0.0526. The van der Waals surface area contributed by atoms with Gasteiger partial charge in [-0.25, -0.2) is 15.4 Å². The van der Waals surface area contributed by atoms with Gasteiger partial charge >= 0.3 is 0 Å². The van der Waals surface area contributed by atoms with Gasteiger partial charge in [-0.3, -0.25) is 9.81 Å². The largest absolute Gasteiger partial charge is 0.404 e. The zero-order valence-electron chi connectivity index (χ0n) is 16.0. The van der Waals surface area contributed by atoms with E-state index >= 15 is 0 Å². The molecule has 11 heteroatoms. The van der Waals surface area contributed by atoms with Crippen molar-refractivity contribution in [3.8, 4) is 10.7 Å². The number of amidine groups is 1. The van der Waals surface area contributed by atoms with Crippen molar-refractivity contribution in [2.45, 2.75) is 0 Å². The minimum Gasteiger partial charge on any atom is -0.404 e. The summed E-state index contributed by atoms with van der Waals surface area (Å²) >= 11 is 2.94. The number of nitrogens with zero attached hydrogens (tertiary/aromatic N) is 4. The Bertz CT molecular complexity index is 1250. The van der Waals surface area contributed by atoms with Crippen LogP contribution in [0.3, 0.4) is 0 Å². The predicted molar refractivity (Wildman–Crippen MR) is 123 cm³/mol. The molecule has 4 aromatic heterocycles. The van der Waals surface area contributed by atoms with Crippen LogP contribution in [-0.2, 0) is 0 Å². The monoisotopic (exact) mass is 437 g/mol. The number of hydrazine groups is 1. The van der Waals surface area contributed by atoms with E-state index < -0.39 is 0 Å². The first-order valence-electron chi connectivity index (χ1n) is 8.85. The van der Waals surface area contributed by atoms with Crippen molar-refractivity contribution in [3.63, 3.8) is 0 Å². The number of rotatable bonds is 6. The van der Waals surface area contributed by atoms with Crippen molar-refractivity contribution < 1.29 is 0 Å². The molecular formula is C19H19N9S2. The molecular weight excluding hydrogens is 418 g/mol. The van der Waals surface area contributed by atoms with Gasteiger partial charge in [0.2, 0.25) is 0 Å². The maximum absolute atomic E-state index is 8.72. The molecule has 0 atom stereocenters. The summed E-state index contributed by atoms with van der Waals surface area (Å²) in [6.07, 6.45) is 6.94. The standard InChI is InChI=1S/C19H19N9S2/c1-23-27-18(26-22)15-4-3-14(30-15)17(21)12(8-20)11-2-5-16-25-9-13(28(16)10-11)19-24-6-7-29-19/h2-10,21,23H,20,22H2,1H3,(H,26,27)/b12-8-,21-17?. The van der Waals surface area contributed by atoms with Gasteiger partial charge in [0.25, 0.3) is 0 Å². The van der Waals surface area contributed by atoms with E-state index in [1.54, 1.807) is 30.8 Å². The number of pyridine rings is 1. The zero-order valence-corrected chi connectivity index (χ0v) is 17.6. The number of hydrogen-bond acceptors (Lipinski definition) is 9. The van der Waals surface area contributed by atoms with Gasteiger partial charge in [0.1, 0.15) is 16.3 Å². The Labute approximate surface area is 180 Å². The van der Waals surface area contributed by atoms with E-state index in [-0.39, 0.29) is 0 Å². The molecule has 0 radical (unpaired) electrons. The summed E-state index contributed by atoms with van der Waals surface area (Å²) in [5.74, 6) is 5.94. The van der Waals surface area contributed by atoms with E-state index in [2.05, 4.69) is 25.9 Å². The minimum absolute atomic E-state index is 0.310. The quantitative estimate of drug-likeness (QED) is 0.135. The summed E-state index contributed by atoms with van der Waals surface area (Å²) in [5.41, 5.74) is 15.0. The number of hydrazone groups is 1. The second-order valence-corrected chi connectivity index (χ2v) is 8.08. The Hall–Kier alpha value is -3.54. The lowest BCUT2D eigenvalue weighted by Crippen LogP contribution is -2.35. The van der Waals surface area contributed by atoms with Crippen LogP contribution in [0.15, 0.2) is 59.5 Å². The van der Waals surface area contributed by atoms with Crippen LogP contribution in [0.1, 0.15) is 15.3 Å². The van der Waals surface area contributed by atoms with Gasteiger partial charge in [0, 0.05) is 42.2 Å². The van der Waals surface area contributed by atoms with E-state index in [0.717, 1.165) is 31.7 Å². The smallest absolute Gasteiger partial charge is 0.177 e. The zero-order chi connectivity index (χ0) is 21.1. The van der Waals surface area contributed by atoms with Crippen LogP contribution in [0.4, 0.5) is 0 Å². The number of imidazole rings is 1. The first-order valence-corrected chi connectivity index (χ1v) is 10.5. The summed E-state index contributed by atoms with van der Waals surface area (Å²) in [5, 5.41) is 15.3. The molecule has 0 fully saturated rings. The summed E-state index contributed by atoms with van der Waals surface area (Å²) in [6.45, 7) is 0. The Balaban J connectivity index is 1.69. The van der Waals surface area contributed by atoms with Gasteiger partial charge in [-0.1, -0.05) is 0 Å². The third kappa shape index (κ3) is 3.56. The van der Waals surface area contributed by atoms with Gasteiger partial charge in [-0.15, -0.1) is 22.7 Å². The molecule has 0 aromatic carbocycles. The van der Waals surface area contributed by atoms with Crippen molar-refractivity contribution in [2.75, 3.05) is 7.05 Å². The fourth-order valence-electron chi connectivity index (χ4n) is 2.98. The third-order valence-corrected chi connectivity index (χ3v) is 6.27. The molecule has 0 unspecified atom stereocenters. The van der Waals surface area contributed by atoms with E-state index in [0.29, 0.717) is 17.1 Å². The van der Waals surface area contributed by atoms with Crippen LogP contribution < -0.4 is 22.4 Å². The number of aromatic nitrogens is 3. The van der Waals surface area contributed by atoms with Crippen molar-refractivity contribution in [1.82, 2.24) is 25.2 Å². The lowest BCUT2D eigenvalue weighted by molar-refractivity contribution is 0.766. The Morgan fingerprint density at radius 1 is 1.23 bits per heavy atom. The van der Waals surface area contributed by atoms with Crippen molar-refractivity contribution in [3.05, 3.63) is 69.8 Å². The highest BCUT2D eigenvalue weighted by molar-refractivity contribution is 7.16. The Kier molecular flexibility index (Phi) is 5.57. The molecule has 0 aliphatic heterocycles. The second kappa shape index (κ2) is 8.45. The molecule has 30 heavy (non-hydrogen) atoms. The molecule has 0 saturated heterocycles. The number of allylic oxidation sites excluding steroid dienone is 1. The molecule has 0 spiro atoms. The van der Waals surface area contributed by atoms with E-state index in [4.69, 9.17) is 17.0 Å². The summed E-state index contributed by atoms with van der Waals surface area (Å²) in [7, 11) is 1.73. The molecule has 0 bridgehead atoms. The van der Waals surface area contributed by atoms with Gasteiger partial charge in [0.05, 0.1) is 21.7 Å². The van der Waals surface area contributed by atoms with Gasteiger partial charge < -0.3 is 17.0 Å². The van der Waals surface area contributed by atoms with Gasteiger partial charge in [-0.05, 0) is 24.3 Å². The normalized spacial score (nSPS) is 12.4. The molecule has 7 N–H and O–H groups in total. The average Bonchev–Trinajstić information content (AvgIpc) is 3.52. The maximum atomic E-state index is 8.72. The second-order valence-electron chi connectivity index (χ2n) is 6.10.